The van der Waals surface area contributed by atoms with Gasteiger partial charge in [-0.3, -0.25) is 4.79 Å². The first-order valence-corrected chi connectivity index (χ1v) is 9.90. The third kappa shape index (κ3) is 4.90. The molecule has 0 saturated carbocycles. The first-order chi connectivity index (χ1) is 12.8. The Labute approximate surface area is 160 Å². The van der Waals surface area contributed by atoms with Crippen LogP contribution in [0.1, 0.15) is 4.88 Å². The van der Waals surface area contributed by atoms with Crippen LogP contribution in [0.3, 0.4) is 0 Å². The minimum absolute atomic E-state index is 0.0306. The maximum atomic E-state index is 12.7. The van der Waals surface area contributed by atoms with Crippen LogP contribution >= 0.6 is 23.1 Å². The second-order valence-electron chi connectivity index (χ2n) is 5.38. The summed E-state index contributed by atoms with van der Waals surface area (Å²) in [5.74, 6) is 0.297. The number of para-hydroxylation sites is 1. The lowest BCUT2D eigenvalue weighted by molar-refractivity contribution is -0.129. The van der Waals surface area contributed by atoms with Crippen molar-refractivity contribution in [2.24, 2.45) is 0 Å². The van der Waals surface area contributed by atoms with Crippen molar-refractivity contribution >= 4 is 29.0 Å². The summed E-state index contributed by atoms with van der Waals surface area (Å²) in [5.41, 5.74) is 0.863. The zero-order valence-electron chi connectivity index (χ0n) is 14.3. The van der Waals surface area contributed by atoms with E-state index in [2.05, 4.69) is 15.5 Å². The standard InChI is InChI=1S/C17H19N5O2S2/c1-24-10-9-21(12-15-8-5-11-25-15)16(23)13-26-17-18-19-20-22(17)14-6-3-2-4-7-14/h2-8,11H,9-10,12-13H2,1H3. The minimum atomic E-state index is 0.0306. The van der Waals surface area contributed by atoms with E-state index in [4.69, 9.17) is 4.74 Å². The van der Waals surface area contributed by atoms with Crippen LogP contribution in [0.2, 0.25) is 0 Å². The average molecular weight is 390 g/mol. The number of hydrogen-bond donors (Lipinski definition) is 0. The maximum Gasteiger partial charge on any atom is 0.233 e. The van der Waals surface area contributed by atoms with E-state index in [1.54, 1.807) is 28.0 Å². The fourth-order valence-corrected chi connectivity index (χ4v) is 3.81. The summed E-state index contributed by atoms with van der Waals surface area (Å²) in [6, 6.07) is 13.6. The molecule has 0 N–H and O–H groups in total. The summed E-state index contributed by atoms with van der Waals surface area (Å²) in [6.07, 6.45) is 0. The Kier molecular flexibility index (Phi) is 6.75. The van der Waals surface area contributed by atoms with Gasteiger partial charge in [0.1, 0.15) is 0 Å². The predicted molar refractivity (Wildman–Crippen MR) is 101 cm³/mol. The van der Waals surface area contributed by atoms with Crippen LogP contribution in [0, 0.1) is 0 Å². The van der Waals surface area contributed by atoms with Gasteiger partial charge in [0.25, 0.3) is 0 Å². The highest BCUT2D eigenvalue weighted by atomic mass is 32.2. The Hall–Kier alpha value is -2.23. The van der Waals surface area contributed by atoms with Gasteiger partial charge in [-0.2, -0.15) is 4.68 Å². The van der Waals surface area contributed by atoms with Gasteiger partial charge in [-0.1, -0.05) is 36.0 Å². The van der Waals surface area contributed by atoms with Gasteiger partial charge in [0.2, 0.25) is 11.1 Å². The number of hydrogen-bond acceptors (Lipinski definition) is 7. The molecule has 1 amide bonds. The second-order valence-corrected chi connectivity index (χ2v) is 7.36. The molecule has 0 fully saturated rings. The maximum absolute atomic E-state index is 12.7. The van der Waals surface area contributed by atoms with Gasteiger partial charge < -0.3 is 9.64 Å². The molecule has 3 aromatic rings. The number of ether oxygens (including phenoxy) is 1. The highest BCUT2D eigenvalue weighted by Crippen LogP contribution is 2.19. The predicted octanol–water partition coefficient (Wildman–Crippen LogP) is 2.49. The van der Waals surface area contributed by atoms with Crippen molar-refractivity contribution < 1.29 is 9.53 Å². The van der Waals surface area contributed by atoms with E-state index < -0.39 is 0 Å². The van der Waals surface area contributed by atoms with Crippen LogP contribution < -0.4 is 0 Å². The van der Waals surface area contributed by atoms with Gasteiger partial charge in [-0.15, -0.1) is 16.4 Å². The summed E-state index contributed by atoms with van der Waals surface area (Å²) < 4.78 is 6.77. The first-order valence-electron chi connectivity index (χ1n) is 8.03. The number of methoxy groups -OCH3 is 1. The summed E-state index contributed by atoms with van der Waals surface area (Å²) in [5, 5.41) is 14.4. The number of benzene rings is 1. The molecular formula is C17H19N5O2S2. The van der Waals surface area contributed by atoms with Gasteiger partial charge in [0.15, 0.2) is 0 Å². The van der Waals surface area contributed by atoms with Gasteiger partial charge in [0.05, 0.1) is 24.6 Å². The molecule has 2 aromatic heterocycles. The highest BCUT2D eigenvalue weighted by molar-refractivity contribution is 7.99. The number of thioether (sulfide) groups is 1. The van der Waals surface area contributed by atoms with E-state index in [1.165, 1.54) is 11.8 Å². The second kappa shape index (κ2) is 9.46. The summed E-state index contributed by atoms with van der Waals surface area (Å²) in [4.78, 5) is 15.6. The fourth-order valence-electron chi connectivity index (χ4n) is 2.30. The zero-order chi connectivity index (χ0) is 18.2. The Balaban J connectivity index is 1.64. The molecule has 0 aliphatic carbocycles. The smallest absolute Gasteiger partial charge is 0.233 e. The normalized spacial score (nSPS) is 10.8. The van der Waals surface area contributed by atoms with E-state index in [9.17, 15) is 4.79 Å². The number of thiophene rings is 1. The van der Waals surface area contributed by atoms with Crippen molar-refractivity contribution in [3.05, 3.63) is 52.7 Å². The first kappa shape index (κ1) is 18.6. The van der Waals surface area contributed by atoms with Crippen molar-refractivity contribution in [3.63, 3.8) is 0 Å². The molecule has 9 heteroatoms. The lowest BCUT2D eigenvalue weighted by Crippen LogP contribution is -2.34. The Morgan fingerprint density at radius 2 is 2.12 bits per heavy atom. The van der Waals surface area contributed by atoms with E-state index in [0.29, 0.717) is 24.9 Å². The molecule has 7 nitrogen and oxygen atoms in total. The molecule has 136 valence electrons. The summed E-state index contributed by atoms with van der Waals surface area (Å²) in [6.45, 7) is 1.64. The van der Waals surface area contributed by atoms with Crippen molar-refractivity contribution in [2.45, 2.75) is 11.7 Å². The van der Waals surface area contributed by atoms with E-state index in [1.807, 2.05) is 47.8 Å². The van der Waals surface area contributed by atoms with Crippen molar-refractivity contribution in [1.29, 1.82) is 0 Å². The zero-order valence-corrected chi connectivity index (χ0v) is 15.9. The molecule has 3 rings (SSSR count). The highest BCUT2D eigenvalue weighted by Gasteiger charge is 2.17. The third-order valence-electron chi connectivity index (χ3n) is 3.61. The number of carbonyl (C=O) groups excluding carboxylic acids is 1. The van der Waals surface area contributed by atoms with Crippen molar-refractivity contribution in [3.8, 4) is 5.69 Å². The Bertz CT molecular complexity index is 808. The van der Waals surface area contributed by atoms with E-state index in [0.717, 1.165) is 10.6 Å². The topological polar surface area (TPSA) is 73.1 Å². The van der Waals surface area contributed by atoms with Crippen molar-refractivity contribution in [2.75, 3.05) is 26.0 Å². The largest absolute Gasteiger partial charge is 0.383 e. The SMILES string of the molecule is COCCN(Cc1cccs1)C(=O)CSc1nnnn1-c1ccccc1. The third-order valence-corrected chi connectivity index (χ3v) is 5.38. The summed E-state index contributed by atoms with van der Waals surface area (Å²) >= 11 is 2.97. The number of amides is 1. The number of aromatic nitrogens is 4. The van der Waals surface area contributed by atoms with Crippen LogP contribution in [0.25, 0.3) is 5.69 Å². The number of rotatable bonds is 9. The Morgan fingerprint density at radius 3 is 2.85 bits per heavy atom. The number of carbonyl (C=O) groups is 1. The molecule has 0 aliphatic heterocycles. The van der Waals surface area contributed by atoms with Crippen LogP contribution in [0.4, 0.5) is 0 Å². The molecule has 0 aliphatic rings. The molecule has 0 saturated heterocycles. The lowest BCUT2D eigenvalue weighted by Gasteiger charge is -2.21. The van der Waals surface area contributed by atoms with Gasteiger partial charge in [-0.25, -0.2) is 0 Å². The lowest BCUT2D eigenvalue weighted by atomic mass is 10.3. The van der Waals surface area contributed by atoms with Gasteiger partial charge >= 0.3 is 0 Å². The van der Waals surface area contributed by atoms with E-state index >= 15 is 0 Å². The molecule has 2 heterocycles. The fraction of sp³-hybridized carbons (Fsp3) is 0.294. The molecular weight excluding hydrogens is 370 g/mol. The van der Waals surface area contributed by atoms with Crippen LogP contribution in [0.5, 0.6) is 0 Å². The number of tetrazole rings is 1. The Morgan fingerprint density at radius 1 is 1.27 bits per heavy atom. The van der Waals surface area contributed by atoms with Crippen LogP contribution in [0.15, 0.2) is 53.0 Å². The molecule has 0 atom stereocenters. The van der Waals surface area contributed by atoms with E-state index in [-0.39, 0.29) is 11.7 Å². The molecule has 26 heavy (non-hydrogen) atoms. The molecule has 0 radical (unpaired) electrons. The average Bonchev–Trinajstić information content (AvgIpc) is 3.35. The van der Waals surface area contributed by atoms with Crippen molar-refractivity contribution in [1.82, 2.24) is 25.1 Å². The van der Waals surface area contributed by atoms with Crippen LogP contribution in [-0.4, -0.2) is 57.0 Å². The summed E-state index contributed by atoms with van der Waals surface area (Å²) in [7, 11) is 1.64. The quantitative estimate of drug-likeness (QED) is 0.524. The minimum Gasteiger partial charge on any atom is -0.383 e. The van der Waals surface area contributed by atoms with Gasteiger partial charge in [-0.05, 0) is 34.0 Å². The molecule has 1 aromatic carbocycles. The molecule has 0 bridgehead atoms. The molecule has 0 spiro atoms. The van der Waals surface area contributed by atoms with Gasteiger partial charge in [0, 0.05) is 18.5 Å². The number of nitrogens with zero attached hydrogens (tertiary/aromatic N) is 5. The molecule has 0 unspecified atom stereocenters. The monoisotopic (exact) mass is 389 g/mol. The van der Waals surface area contributed by atoms with Crippen LogP contribution in [-0.2, 0) is 16.1 Å².